The Morgan fingerprint density at radius 1 is 1.24 bits per heavy atom. The van der Waals surface area contributed by atoms with Gasteiger partial charge in [-0.25, -0.2) is 0 Å². The number of aryl methyl sites for hydroxylation is 1. The predicted octanol–water partition coefficient (Wildman–Crippen LogP) is 5.06. The molecule has 0 bridgehead atoms. The van der Waals surface area contributed by atoms with Crippen LogP contribution in [-0.2, 0) is 0 Å². The van der Waals surface area contributed by atoms with Crippen LogP contribution in [0.1, 0.15) is 22.0 Å². The normalized spacial score (nSPS) is 12.8. The summed E-state index contributed by atoms with van der Waals surface area (Å²) in [5.41, 5.74) is 8.05. The van der Waals surface area contributed by atoms with E-state index in [4.69, 9.17) is 40.5 Å². The lowest BCUT2D eigenvalue weighted by molar-refractivity contribution is 0.893. The minimum absolute atomic E-state index is 0.314. The van der Waals surface area contributed by atoms with E-state index >= 15 is 0 Å². The van der Waals surface area contributed by atoms with Crippen molar-refractivity contribution < 1.29 is 0 Å². The van der Waals surface area contributed by atoms with Crippen molar-refractivity contribution >= 4 is 46.1 Å². The van der Waals surface area contributed by atoms with Crippen LogP contribution in [-0.4, -0.2) is 0 Å². The molecule has 0 saturated carbocycles. The van der Waals surface area contributed by atoms with Crippen molar-refractivity contribution in [2.45, 2.75) is 13.0 Å². The first-order valence-electron chi connectivity index (χ1n) is 4.94. The average Bonchev–Trinajstić information content (AvgIpc) is 2.59. The first-order valence-corrected chi connectivity index (χ1v) is 6.96. The maximum atomic E-state index is 6.20. The Morgan fingerprint density at radius 3 is 2.47 bits per heavy atom. The summed E-state index contributed by atoms with van der Waals surface area (Å²) < 4.78 is 0. The van der Waals surface area contributed by atoms with Crippen LogP contribution < -0.4 is 5.73 Å². The van der Waals surface area contributed by atoms with Crippen molar-refractivity contribution in [1.82, 2.24) is 0 Å². The third kappa shape index (κ3) is 2.61. The molecule has 1 atom stereocenters. The lowest BCUT2D eigenvalue weighted by atomic mass is 10.1. The van der Waals surface area contributed by atoms with Crippen LogP contribution in [0.3, 0.4) is 0 Å². The number of rotatable bonds is 2. The van der Waals surface area contributed by atoms with Gasteiger partial charge in [0.2, 0.25) is 0 Å². The van der Waals surface area contributed by atoms with Crippen molar-refractivity contribution in [1.29, 1.82) is 0 Å². The molecule has 0 aliphatic rings. The first-order chi connectivity index (χ1) is 8.00. The van der Waals surface area contributed by atoms with Crippen LogP contribution in [0.5, 0.6) is 0 Å². The molecule has 1 aromatic heterocycles. The lowest BCUT2D eigenvalue weighted by Crippen LogP contribution is -2.11. The fourth-order valence-corrected chi connectivity index (χ4v) is 3.41. The monoisotopic (exact) mass is 305 g/mol. The Bertz CT molecular complexity index is 551. The van der Waals surface area contributed by atoms with Crippen molar-refractivity contribution in [3.05, 3.63) is 54.7 Å². The minimum Gasteiger partial charge on any atom is -0.320 e. The predicted molar refractivity (Wildman–Crippen MR) is 76.6 cm³/mol. The lowest BCUT2D eigenvalue weighted by Gasteiger charge is -2.13. The van der Waals surface area contributed by atoms with Gasteiger partial charge in [0.1, 0.15) is 0 Å². The molecule has 0 saturated heterocycles. The Kier molecular flexibility index (Phi) is 4.01. The third-order valence-corrected chi connectivity index (χ3v) is 4.86. The average molecular weight is 307 g/mol. The van der Waals surface area contributed by atoms with Gasteiger partial charge in [0.25, 0.3) is 0 Å². The molecular formula is C12H10Cl3NS. The summed E-state index contributed by atoms with van der Waals surface area (Å²) in [6.07, 6.45) is 0. The van der Waals surface area contributed by atoms with E-state index in [0.717, 1.165) is 16.0 Å². The summed E-state index contributed by atoms with van der Waals surface area (Å²) in [6, 6.07) is 4.98. The smallest absolute Gasteiger partial charge is 0.0675 e. The molecule has 5 heteroatoms. The molecule has 90 valence electrons. The molecule has 1 unspecified atom stereocenters. The molecule has 0 spiro atoms. The van der Waals surface area contributed by atoms with Gasteiger partial charge < -0.3 is 5.73 Å². The number of benzene rings is 1. The number of hydrogen-bond acceptors (Lipinski definition) is 2. The molecule has 0 amide bonds. The van der Waals surface area contributed by atoms with Gasteiger partial charge in [-0.05, 0) is 35.6 Å². The second-order valence-electron chi connectivity index (χ2n) is 3.74. The zero-order valence-corrected chi connectivity index (χ0v) is 12.1. The summed E-state index contributed by atoms with van der Waals surface area (Å²) >= 11 is 19.7. The zero-order chi connectivity index (χ0) is 12.6. The molecule has 0 radical (unpaired) electrons. The second kappa shape index (κ2) is 5.17. The highest BCUT2D eigenvalue weighted by molar-refractivity contribution is 7.10. The van der Waals surface area contributed by atoms with Crippen LogP contribution in [0.25, 0.3) is 0 Å². The van der Waals surface area contributed by atoms with E-state index in [1.165, 1.54) is 0 Å². The molecule has 1 aromatic carbocycles. The summed E-state index contributed by atoms with van der Waals surface area (Å²) in [4.78, 5) is 0.924. The van der Waals surface area contributed by atoms with Gasteiger partial charge >= 0.3 is 0 Å². The standard InChI is InChI=1S/C12H10Cl3NS/c1-6-5-17-12(10(6)15)11(16)8-3-2-7(13)4-9(8)14/h2-5,11H,16H2,1H3. The maximum Gasteiger partial charge on any atom is 0.0675 e. The third-order valence-electron chi connectivity index (χ3n) is 2.51. The van der Waals surface area contributed by atoms with Gasteiger partial charge in [-0.1, -0.05) is 40.9 Å². The highest BCUT2D eigenvalue weighted by Crippen LogP contribution is 2.37. The highest BCUT2D eigenvalue weighted by Gasteiger charge is 2.18. The maximum absolute atomic E-state index is 6.20. The zero-order valence-electron chi connectivity index (χ0n) is 9.01. The van der Waals surface area contributed by atoms with Gasteiger partial charge in [-0.15, -0.1) is 11.3 Å². The fraction of sp³-hybridized carbons (Fsp3) is 0.167. The quantitative estimate of drug-likeness (QED) is 0.824. The molecule has 2 aromatic rings. The largest absolute Gasteiger partial charge is 0.320 e. The van der Waals surface area contributed by atoms with Gasteiger partial charge in [-0.3, -0.25) is 0 Å². The molecule has 1 heterocycles. The van der Waals surface area contributed by atoms with Gasteiger partial charge in [0.05, 0.1) is 11.1 Å². The molecule has 17 heavy (non-hydrogen) atoms. The van der Waals surface area contributed by atoms with Gasteiger partial charge in [-0.2, -0.15) is 0 Å². The van der Waals surface area contributed by atoms with Crippen LogP contribution in [0.4, 0.5) is 0 Å². The highest BCUT2D eigenvalue weighted by atomic mass is 35.5. The number of halogens is 3. The summed E-state index contributed by atoms with van der Waals surface area (Å²) in [7, 11) is 0. The molecule has 2 rings (SSSR count). The Labute approximate surface area is 119 Å². The van der Waals surface area contributed by atoms with Crippen molar-refractivity contribution in [2.75, 3.05) is 0 Å². The van der Waals surface area contributed by atoms with Crippen molar-refractivity contribution in [3.63, 3.8) is 0 Å². The second-order valence-corrected chi connectivity index (χ2v) is 5.87. The fourth-order valence-electron chi connectivity index (χ4n) is 1.55. The van der Waals surface area contributed by atoms with Gasteiger partial charge in [0, 0.05) is 14.9 Å². The van der Waals surface area contributed by atoms with E-state index in [2.05, 4.69) is 0 Å². The van der Waals surface area contributed by atoms with Crippen LogP contribution in [0, 0.1) is 6.92 Å². The molecule has 0 aliphatic heterocycles. The van der Waals surface area contributed by atoms with E-state index < -0.39 is 0 Å². The number of thiophene rings is 1. The minimum atomic E-state index is -0.314. The summed E-state index contributed by atoms with van der Waals surface area (Å²) in [5.74, 6) is 0. The molecule has 1 nitrogen and oxygen atoms in total. The van der Waals surface area contributed by atoms with Gasteiger partial charge in [0.15, 0.2) is 0 Å². The van der Waals surface area contributed by atoms with Crippen molar-refractivity contribution in [2.24, 2.45) is 5.73 Å². The molecule has 0 aliphatic carbocycles. The van der Waals surface area contributed by atoms with Crippen LogP contribution in [0.2, 0.25) is 15.1 Å². The SMILES string of the molecule is Cc1csc(C(N)c2ccc(Cl)cc2Cl)c1Cl. The van der Waals surface area contributed by atoms with Crippen LogP contribution in [0.15, 0.2) is 23.6 Å². The summed E-state index contributed by atoms with van der Waals surface area (Å²) in [6.45, 7) is 1.96. The van der Waals surface area contributed by atoms with E-state index in [9.17, 15) is 0 Å². The van der Waals surface area contributed by atoms with Crippen LogP contribution >= 0.6 is 46.1 Å². The van der Waals surface area contributed by atoms with E-state index in [-0.39, 0.29) is 6.04 Å². The molecular weight excluding hydrogens is 297 g/mol. The Hall–Kier alpha value is -0.250. The topological polar surface area (TPSA) is 26.0 Å². The molecule has 2 N–H and O–H groups in total. The van der Waals surface area contributed by atoms with E-state index in [1.54, 1.807) is 23.5 Å². The number of nitrogens with two attached hydrogens (primary N) is 1. The molecule has 0 fully saturated rings. The number of hydrogen-bond donors (Lipinski definition) is 1. The van der Waals surface area contributed by atoms with Crippen molar-refractivity contribution in [3.8, 4) is 0 Å². The van der Waals surface area contributed by atoms with E-state index in [0.29, 0.717) is 15.1 Å². The summed E-state index contributed by atoms with van der Waals surface area (Å²) in [5, 5.41) is 3.86. The first kappa shape index (κ1) is 13.2. The van der Waals surface area contributed by atoms with E-state index in [1.807, 2.05) is 18.4 Å². The Morgan fingerprint density at radius 2 is 1.94 bits per heavy atom. The Balaban J connectivity index is 2.43.